The third-order valence-corrected chi connectivity index (χ3v) is 3.47. The highest BCUT2D eigenvalue weighted by molar-refractivity contribution is 5.89. The molecule has 0 aromatic heterocycles. The summed E-state index contributed by atoms with van der Waals surface area (Å²) >= 11 is 0. The zero-order valence-corrected chi connectivity index (χ0v) is 13.9. The molecule has 0 saturated carbocycles. The van der Waals surface area contributed by atoms with Crippen molar-refractivity contribution in [3.05, 3.63) is 65.2 Å². The first-order valence-corrected chi connectivity index (χ1v) is 7.82. The highest BCUT2D eigenvalue weighted by Crippen LogP contribution is 2.21. The van der Waals surface area contributed by atoms with Crippen LogP contribution < -0.4 is 4.74 Å². The number of hydrogen-bond donors (Lipinski definition) is 1. The molecule has 0 amide bonds. The Morgan fingerprint density at radius 3 is 2.40 bits per heavy atom. The van der Waals surface area contributed by atoms with Gasteiger partial charge in [-0.2, -0.15) is 0 Å². The van der Waals surface area contributed by atoms with Crippen LogP contribution >= 0.6 is 0 Å². The van der Waals surface area contributed by atoms with Crippen LogP contribution in [0.25, 0.3) is 0 Å². The summed E-state index contributed by atoms with van der Waals surface area (Å²) in [5, 5.41) is 9.10. The first kappa shape index (κ1) is 18.5. The van der Waals surface area contributed by atoms with Crippen LogP contribution in [-0.4, -0.2) is 44.0 Å². The molecular formula is C19H20O6. The maximum atomic E-state index is 11.8. The third kappa shape index (κ3) is 5.61. The van der Waals surface area contributed by atoms with Crippen LogP contribution in [0.4, 0.5) is 0 Å². The zero-order valence-electron chi connectivity index (χ0n) is 13.9. The maximum absolute atomic E-state index is 11.8. The lowest BCUT2D eigenvalue weighted by molar-refractivity contribution is 0.0450. The number of esters is 1. The van der Waals surface area contributed by atoms with Crippen molar-refractivity contribution < 1.29 is 28.9 Å². The molecule has 2 aromatic carbocycles. The van der Waals surface area contributed by atoms with Gasteiger partial charge >= 0.3 is 11.9 Å². The lowest BCUT2D eigenvalue weighted by atomic mass is 10.1. The first-order chi connectivity index (χ1) is 12.1. The molecule has 25 heavy (non-hydrogen) atoms. The average molecular weight is 344 g/mol. The van der Waals surface area contributed by atoms with E-state index in [0.29, 0.717) is 24.3 Å². The Kier molecular flexibility index (Phi) is 6.98. The molecule has 6 nitrogen and oxygen atoms in total. The van der Waals surface area contributed by atoms with E-state index in [9.17, 15) is 9.59 Å². The Balaban J connectivity index is 1.93. The Morgan fingerprint density at radius 1 is 0.960 bits per heavy atom. The summed E-state index contributed by atoms with van der Waals surface area (Å²) < 4.78 is 15.8. The maximum Gasteiger partial charge on any atom is 0.338 e. The number of carbonyl (C=O) groups excluding carboxylic acids is 1. The van der Waals surface area contributed by atoms with E-state index in [1.165, 1.54) is 12.1 Å². The zero-order chi connectivity index (χ0) is 18.1. The van der Waals surface area contributed by atoms with E-state index in [-0.39, 0.29) is 18.8 Å². The normalized spacial score (nSPS) is 10.3. The third-order valence-electron chi connectivity index (χ3n) is 3.47. The molecule has 132 valence electrons. The van der Waals surface area contributed by atoms with Gasteiger partial charge in [-0.1, -0.05) is 24.3 Å². The van der Waals surface area contributed by atoms with Crippen LogP contribution in [0, 0.1) is 0 Å². The molecule has 0 unspecified atom stereocenters. The molecule has 2 aromatic rings. The largest absolute Gasteiger partial charge is 0.490 e. The van der Waals surface area contributed by atoms with Crippen LogP contribution in [-0.2, 0) is 15.9 Å². The molecule has 6 heteroatoms. The number of carbonyl (C=O) groups is 2. The van der Waals surface area contributed by atoms with Crippen molar-refractivity contribution in [1.82, 2.24) is 0 Å². The highest BCUT2D eigenvalue weighted by Gasteiger charge is 2.11. The Morgan fingerprint density at radius 2 is 1.72 bits per heavy atom. The van der Waals surface area contributed by atoms with Gasteiger partial charge in [-0.25, -0.2) is 9.59 Å². The second kappa shape index (κ2) is 9.44. The quantitative estimate of drug-likeness (QED) is 0.556. The SMILES string of the molecule is COCCc1ccc(C(=O)O)cc1OCCOC(=O)c1ccccc1. The minimum Gasteiger partial charge on any atom is -0.490 e. The van der Waals surface area contributed by atoms with Crippen LogP contribution in [0.3, 0.4) is 0 Å². The number of methoxy groups -OCH3 is 1. The van der Waals surface area contributed by atoms with Crippen molar-refractivity contribution in [3.63, 3.8) is 0 Å². The monoisotopic (exact) mass is 344 g/mol. The highest BCUT2D eigenvalue weighted by atomic mass is 16.6. The van der Waals surface area contributed by atoms with Crippen LogP contribution in [0.5, 0.6) is 5.75 Å². The fourth-order valence-corrected chi connectivity index (χ4v) is 2.18. The van der Waals surface area contributed by atoms with Gasteiger partial charge in [0.2, 0.25) is 0 Å². The van der Waals surface area contributed by atoms with Gasteiger partial charge in [-0.15, -0.1) is 0 Å². The molecule has 2 rings (SSSR count). The summed E-state index contributed by atoms with van der Waals surface area (Å²) in [4.78, 5) is 22.9. The molecule has 0 saturated heterocycles. The van der Waals surface area contributed by atoms with Gasteiger partial charge in [0.15, 0.2) is 0 Å². The van der Waals surface area contributed by atoms with Gasteiger partial charge in [0.25, 0.3) is 0 Å². The van der Waals surface area contributed by atoms with Crippen molar-refractivity contribution in [2.24, 2.45) is 0 Å². The second-order valence-corrected chi connectivity index (χ2v) is 5.22. The Hall–Kier alpha value is -2.86. The summed E-state index contributed by atoms with van der Waals surface area (Å²) in [6.07, 6.45) is 0.593. The number of benzene rings is 2. The van der Waals surface area contributed by atoms with Gasteiger partial charge in [0.05, 0.1) is 17.7 Å². The van der Waals surface area contributed by atoms with E-state index < -0.39 is 11.9 Å². The molecule has 0 spiro atoms. The topological polar surface area (TPSA) is 82.1 Å². The standard InChI is InChI=1S/C19H20O6/c1-23-10-9-14-7-8-16(18(20)21)13-17(14)24-11-12-25-19(22)15-5-3-2-4-6-15/h2-8,13H,9-12H2,1H3,(H,20,21). The van der Waals surface area contributed by atoms with Crippen molar-refractivity contribution >= 4 is 11.9 Å². The van der Waals surface area contributed by atoms with Crippen molar-refractivity contribution in [2.75, 3.05) is 26.9 Å². The predicted molar refractivity (Wildman–Crippen MR) is 91.2 cm³/mol. The number of carboxylic acids is 1. The molecule has 0 fully saturated rings. The molecule has 0 aliphatic heterocycles. The van der Waals surface area contributed by atoms with Crippen LogP contribution in [0.15, 0.2) is 48.5 Å². The fraction of sp³-hybridized carbons (Fsp3) is 0.263. The van der Waals surface area contributed by atoms with Crippen LogP contribution in [0.2, 0.25) is 0 Å². The average Bonchev–Trinajstić information content (AvgIpc) is 2.64. The van der Waals surface area contributed by atoms with Gasteiger partial charge in [-0.05, 0) is 36.2 Å². The lowest BCUT2D eigenvalue weighted by Gasteiger charge is -2.12. The first-order valence-electron chi connectivity index (χ1n) is 7.82. The number of aromatic carboxylic acids is 1. The Bertz CT molecular complexity index is 711. The van der Waals surface area contributed by atoms with Crippen molar-refractivity contribution in [1.29, 1.82) is 0 Å². The van der Waals surface area contributed by atoms with Gasteiger partial charge < -0.3 is 19.3 Å². The Labute approximate surface area is 146 Å². The summed E-state index contributed by atoms with van der Waals surface area (Å²) in [6, 6.07) is 13.4. The van der Waals surface area contributed by atoms with E-state index in [4.69, 9.17) is 19.3 Å². The predicted octanol–water partition coefficient (Wildman–Crippen LogP) is 2.81. The second-order valence-electron chi connectivity index (χ2n) is 5.22. The van der Waals surface area contributed by atoms with Crippen LogP contribution in [0.1, 0.15) is 26.3 Å². The van der Waals surface area contributed by atoms with E-state index >= 15 is 0 Å². The van der Waals surface area contributed by atoms with E-state index in [1.54, 1.807) is 37.4 Å². The number of rotatable bonds is 9. The summed E-state index contributed by atoms with van der Waals surface area (Å²) in [5.74, 6) is -1.01. The van der Waals surface area contributed by atoms with Gasteiger partial charge in [0, 0.05) is 7.11 Å². The van der Waals surface area contributed by atoms with E-state index in [2.05, 4.69) is 0 Å². The molecule has 0 heterocycles. The number of hydrogen-bond acceptors (Lipinski definition) is 5. The van der Waals surface area contributed by atoms with Gasteiger partial charge in [0.1, 0.15) is 19.0 Å². The molecule has 0 aliphatic carbocycles. The van der Waals surface area contributed by atoms with E-state index in [1.807, 2.05) is 6.07 Å². The fourth-order valence-electron chi connectivity index (χ4n) is 2.18. The molecule has 0 bridgehead atoms. The summed E-state index contributed by atoms with van der Waals surface area (Å²) in [7, 11) is 1.59. The molecule has 0 atom stereocenters. The van der Waals surface area contributed by atoms with E-state index in [0.717, 1.165) is 5.56 Å². The number of carboxylic acid groups (broad SMARTS) is 1. The van der Waals surface area contributed by atoms with Crippen molar-refractivity contribution in [3.8, 4) is 5.75 Å². The lowest BCUT2D eigenvalue weighted by Crippen LogP contribution is -2.13. The molecule has 0 radical (unpaired) electrons. The smallest absolute Gasteiger partial charge is 0.338 e. The van der Waals surface area contributed by atoms with Crippen molar-refractivity contribution in [2.45, 2.75) is 6.42 Å². The molecular weight excluding hydrogens is 324 g/mol. The molecule has 1 N–H and O–H groups in total. The summed E-state index contributed by atoms with van der Waals surface area (Å²) in [6.45, 7) is 0.683. The molecule has 0 aliphatic rings. The summed E-state index contributed by atoms with van der Waals surface area (Å²) in [5.41, 5.74) is 1.44. The minimum absolute atomic E-state index is 0.0642. The minimum atomic E-state index is -1.03. The number of ether oxygens (including phenoxy) is 3. The van der Waals surface area contributed by atoms with Gasteiger partial charge in [-0.3, -0.25) is 0 Å².